The normalized spacial score (nSPS) is 26.9. The highest BCUT2D eigenvalue weighted by Crippen LogP contribution is 2.45. The summed E-state index contributed by atoms with van der Waals surface area (Å²) in [6.45, 7) is 5.15. The molecule has 1 aromatic rings. The van der Waals surface area contributed by atoms with Crippen molar-refractivity contribution in [2.75, 3.05) is 13.1 Å². The minimum absolute atomic E-state index is 0.545. The Bertz CT molecular complexity index is 512. The minimum Gasteiger partial charge on any atom is -0.481 e. The molecule has 0 bridgehead atoms. The number of likely N-dealkylation sites (tertiary alicyclic amines) is 1. The Morgan fingerprint density at radius 3 is 3.00 bits per heavy atom. The summed E-state index contributed by atoms with van der Waals surface area (Å²) in [7, 11) is 0. The maximum absolute atomic E-state index is 11.9. The molecule has 0 radical (unpaired) electrons. The van der Waals surface area contributed by atoms with Gasteiger partial charge in [-0.1, -0.05) is 12.8 Å². The average Bonchev–Trinajstić information content (AvgIpc) is 3.15. The summed E-state index contributed by atoms with van der Waals surface area (Å²) >= 11 is 0. The summed E-state index contributed by atoms with van der Waals surface area (Å²) in [5.74, 6) is 0.960. The number of piperidine rings is 1. The number of hydrogen-bond donors (Lipinski definition) is 1. The molecule has 3 rings (SSSR count). The summed E-state index contributed by atoms with van der Waals surface area (Å²) in [6, 6.07) is 0. The van der Waals surface area contributed by atoms with E-state index in [-0.39, 0.29) is 0 Å². The van der Waals surface area contributed by atoms with Crippen LogP contribution in [0.3, 0.4) is 0 Å². The number of rotatable bonds is 6. The zero-order valence-corrected chi connectivity index (χ0v) is 12.7. The van der Waals surface area contributed by atoms with Crippen LogP contribution in [0.4, 0.5) is 0 Å². The highest BCUT2D eigenvalue weighted by molar-refractivity contribution is 5.75. The molecule has 1 N–H and O–H groups in total. The SMILES string of the molecule is CCn1ncnc1CN1CCC[C@](CC2CC2)(C(=O)O)C1. The molecule has 1 aliphatic carbocycles. The van der Waals surface area contributed by atoms with Crippen molar-refractivity contribution < 1.29 is 9.90 Å². The van der Waals surface area contributed by atoms with Crippen molar-refractivity contribution in [2.24, 2.45) is 11.3 Å². The van der Waals surface area contributed by atoms with Crippen molar-refractivity contribution in [3.8, 4) is 0 Å². The molecule has 1 saturated heterocycles. The van der Waals surface area contributed by atoms with E-state index in [1.165, 1.54) is 12.8 Å². The van der Waals surface area contributed by atoms with Crippen LogP contribution in [0.1, 0.15) is 44.9 Å². The van der Waals surface area contributed by atoms with Crippen LogP contribution in [-0.2, 0) is 17.9 Å². The van der Waals surface area contributed by atoms with Crippen molar-refractivity contribution in [1.82, 2.24) is 19.7 Å². The lowest BCUT2D eigenvalue weighted by atomic mass is 9.75. The van der Waals surface area contributed by atoms with E-state index in [2.05, 4.69) is 15.0 Å². The van der Waals surface area contributed by atoms with E-state index in [1.54, 1.807) is 6.33 Å². The number of aliphatic carboxylic acids is 1. The van der Waals surface area contributed by atoms with Crippen molar-refractivity contribution in [3.05, 3.63) is 12.2 Å². The van der Waals surface area contributed by atoms with Crippen molar-refractivity contribution in [1.29, 1.82) is 0 Å². The van der Waals surface area contributed by atoms with Gasteiger partial charge >= 0.3 is 5.97 Å². The Labute approximate surface area is 125 Å². The van der Waals surface area contributed by atoms with Gasteiger partial charge in [0.15, 0.2) is 0 Å². The fraction of sp³-hybridized carbons (Fsp3) is 0.800. The minimum atomic E-state index is -0.615. The Kier molecular flexibility index (Phi) is 3.97. The third-order valence-electron chi connectivity index (χ3n) is 4.85. The quantitative estimate of drug-likeness (QED) is 0.865. The van der Waals surface area contributed by atoms with E-state index in [9.17, 15) is 9.90 Å². The molecule has 116 valence electrons. The standard InChI is InChI=1S/C15H24N4O2/c1-2-19-13(16-11-17-19)9-18-7-3-6-15(10-18,14(20)21)8-12-4-5-12/h11-12H,2-10H2,1H3,(H,20,21)/t15-/m1/s1. The van der Waals surface area contributed by atoms with Gasteiger partial charge in [-0.25, -0.2) is 9.67 Å². The zero-order valence-electron chi connectivity index (χ0n) is 12.7. The molecule has 21 heavy (non-hydrogen) atoms. The Morgan fingerprint density at radius 1 is 1.52 bits per heavy atom. The molecule has 2 aliphatic rings. The maximum atomic E-state index is 11.9. The second kappa shape index (κ2) is 5.75. The van der Waals surface area contributed by atoms with Crippen molar-refractivity contribution in [3.63, 3.8) is 0 Å². The smallest absolute Gasteiger partial charge is 0.310 e. The summed E-state index contributed by atoms with van der Waals surface area (Å²) in [6.07, 6.45) is 6.62. The van der Waals surface area contributed by atoms with Gasteiger partial charge in [0.05, 0.1) is 12.0 Å². The van der Waals surface area contributed by atoms with Crippen LogP contribution in [0.5, 0.6) is 0 Å². The van der Waals surface area contributed by atoms with Gasteiger partial charge in [-0.3, -0.25) is 9.69 Å². The molecular weight excluding hydrogens is 268 g/mol. The molecule has 6 heteroatoms. The maximum Gasteiger partial charge on any atom is 0.310 e. The molecule has 0 spiro atoms. The molecule has 0 amide bonds. The molecule has 2 heterocycles. The van der Waals surface area contributed by atoms with Crippen LogP contribution < -0.4 is 0 Å². The van der Waals surface area contributed by atoms with E-state index in [0.29, 0.717) is 19.0 Å². The first kappa shape index (κ1) is 14.5. The first-order valence-corrected chi connectivity index (χ1v) is 7.95. The van der Waals surface area contributed by atoms with Gasteiger partial charge < -0.3 is 5.11 Å². The number of carboxylic acids is 1. The van der Waals surface area contributed by atoms with Gasteiger partial charge in [0.2, 0.25) is 0 Å². The first-order chi connectivity index (χ1) is 10.1. The Morgan fingerprint density at radius 2 is 2.33 bits per heavy atom. The number of aryl methyl sites for hydroxylation is 1. The van der Waals surface area contributed by atoms with E-state index in [4.69, 9.17) is 0 Å². The fourth-order valence-electron chi connectivity index (χ4n) is 3.54. The lowest BCUT2D eigenvalue weighted by Gasteiger charge is -2.40. The predicted octanol–water partition coefficient (Wildman–Crippen LogP) is 1.76. The van der Waals surface area contributed by atoms with Crippen molar-refractivity contribution in [2.45, 2.75) is 52.1 Å². The number of nitrogens with zero attached hydrogens (tertiary/aromatic N) is 4. The van der Waals surface area contributed by atoms with E-state index in [1.807, 2.05) is 11.6 Å². The summed E-state index contributed by atoms with van der Waals surface area (Å²) in [5, 5.41) is 13.9. The van der Waals surface area contributed by atoms with Crippen LogP contribution in [0.2, 0.25) is 0 Å². The van der Waals surface area contributed by atoms with Crippen LogP contribution in [0.25, 0.3) is 0 Å². The lowest BCUT2D eigenvalue weighted by molar-refractivity contribution is -0.153. The number of hydrogen-bond acceptors (Lipinski definition) is 4. The largest absolute Gasteiger partial charge is 0.481 e. The monoisotopic (exact) mass is 292 g/mol. The van der Waals surface area contributed by atoms with E-state index < -0.39 is 11.4 Å². The summed E-state index contributed by atoms with van der Waals surface area (Å²) in [4.78, 5) is 18.4. The summed E-state index contributed by atoms with van der Waals surface area (Å²) < 4.78 is 1.89. The molecule has 1 aliphatic heterocycles. The average molecular weight is 292 g/mol. The number of carbonyl (C=O) groups is 1. The molecule has 1 aromatic heterocycles. The number of carboxylic acid groups (broad SMARTS) is 1. The van der Waals surface area contributed by atoms with Gasteiger partial charge in [0, 0.05) is 13.1 Å². The van der Waals surface area contributed by atoms with Crippen LogP contribution in [-0.4, -0.2) is 43.8 Å². The third-order valence-corrected chi connectivity index (χ3v) is 4.85. The molecule has 2 fully saturated rings. The molecule has 1 atom stereocenters. The Hall–Kier alpha value is -1.43. The fourth-order valence-corrected chi connectivity index (χ4v) is 3.54. The molecular formula is C15H24N4O2. The van der Waals surface area contributed by atoms with Crippen LogP contribution in [0, 0.1) is 11.3 Å². The van der Waals surface area contributed by atoms with Gasteiger partial charge in [0.1, 0.15) is 12.2 Å². The molecule has 0 aromatic carbocycles. The van der Waals surface area contributed by atoms with E-state index >= 15 is 0 Å². The summed E-state index contributed by atoms with van der Waals surface area (Å²) in [5.41, 5.74) is -0.545. The van der Waals surface area contributed by atoms with Gasteiger partial charge in [0.25, 0.3) is 0 Å². The predicted molar refractivity (Wildman–Crippen MR) is 77.6 cm³/mol. The molecule has 0 unspecified atom stereocenters. The van der Waals surface area contributed by atoms with Gasteiger partial charge in [-0.05, 0) is 38.6 Å². The van der Waals surface area contributed by atoms with Gasteiger partial charge in [-0.2, -0.15) is 5.10 Å². The lowest BCUT2D eigenvalue weighted by Crippen LogP contribution is -2.48. The topological polar surface area (TPSA) is 71.2 Å². The molecule has 1 saturated carbocycles. The van der Waals surface area contributed by atoms with E-state index in [0.717, 1.165) is 38.2 Å². The van der Waals surface area contributed by atoms with Crippen LogP contribution in [0.15, 0.2) is 6.33 Å². The van der Waals surface area contributed by atoms with Crippen LogP contribution >= 0.6 is 0 Å². The Balaban J connectivity index is 1.70. The first-order valence-electron chi connectivity index (χ1n) is 7.95. The highest BCUT2D eigenvalue weighted by atomic mass is 16.4. The highest BCUT2D eigenvalue weighted by Gasteiger charge is 2.45. The zero-order chi connectivity index (χ0) is 14.9. The second-order valence-corrected chi connectivity index (χ2v) is 6.54. The molecule has 6 nitrogen and oxygen atoms in total. The van der Waals surface area contributed by atoms with Crippen molar-refractivity contribution >= 4 is 5.97 Å². The second-order valence-electron chi connectivity index (χ2n) is 6.54. The third kappa shape index (κ3) is 3.10. The number of aromatic nitrogens is 3. The van der Waals surface area contributed by atoms with Gasteiger partial charge in [-0.15, -0.1) is 0 Å².